The number of primary amides is 2. The molecule has 18 nitrogen and oxygen atoms in total. The van der Waals surface area contributed by atoms with E-state index >= 15 is 0 Å². The standard InChI is InChI=1S/2C9H16N2.C8H18O.C8H16O.2C7H16N2.2C7H15NO.2C4H9NO/c2*1-6(2)8-5-10-9(11-8)7(3)4;2*1-6(2)5-8(9)7(3)4;2*1-5(2)7(8)9-6(3)4;2*1-5(2)7(9)8-6(3)4;2*1-3(2)4(5)6/h2*5-7H,1-4H3,(H,10,11);6-9H,5H2,1-4H3;5-7,9H,1-4H3;2*5-6H,1-4H3,(H2,8,9);2*5-6H,1-4H3,(H,8,9);2*3H,1-2H3,(H2,5,6)/b;;;8-5-;;;;;;. The van der Waals surface area contributed by atoms with Gasteiger partial charge in [0.1, 0.15) is 11.6 Å². The molecule has 88 heavy (non-hydrogen) atoms. The molecule has 2 rings (SSSR count). The zero-order valence-electron chi connectivity index (χ0n) is 63.5. The lowest BCUT2D eigenvalue weighted by atomic mass is 9.98. The van der Waals surface area contributed by atoms with Crippen LogP contribution in [0.4, 0.5) is 0 Å². The van der Waals surface area contributed by atoms with E-state index in [4.69, 9.17) is 28.0 Å². The minimum atomic E-state index is -0.241. The van der Waals surface area contributed by atoms with Gasteiger partial charge in [-0.1, -0.05) is 194 Å². The minimum Gasteiger partial charge on any atom is -0.512 e. The Morgan fingerprint density at radius 2 is 0.727 bits per heavy atom. The van der Waals surface area contributed by atoms with Gasteiger partial charge in [-0.25, -0.2) is 9.97 Å². The number of hydrogen-bond donors (Lipinski definition) is 10. The van der Waals surface area contributed by atoms with E-state index < -0.39 is 0 Å². The van der Waals surface area contributed by atoms with Crippen LogP contribution in [-0.4, -0.2) is 95.7 Å². The molecule has 2 aromatic rings. The number of aromatic amines is 2. The Balaban J connectivity index is -0.000000135. The summed E-state index contributed by atoms with van der Waals surface area (Å²) in [6, 6.07) is 1.18. The summed E-state index contributed by atoms with van der Waals surface area (Å²) in [5.41, 5.74) is 23.2. The Kier molecular flexibility index (Phi) is 64.0. The number of carbonyl (C=O) groups is 4. The molecule has 0 aliphatic carbocycles. The van der Waals surface area contributed by atoms with Crippen molar-refractivity contribution >= 4 is 35.3 Å². The number of H-pyrrole nitrogens is 2. The lowest BCUT2D eigenvalue weighted by Gasteiger charge is -2.15. The second kappa shape index (κ2) is 56.9. The number of aliphatic hydroxyl groups is 2. The Morgan fingerprint density at radius 1 is 0.455 bits per heavy atom. The number of aromatic nitrogens is 4. The molecule has 1 unspecified atom stereocenters. The second-order valence-corrected chi connectivity index (χ2v) is 27.9. The maximum atomic E-state index is 10.8. The summed E-state index contributed by atoms with van der Waals surface area (Å²) in [6.07, 6.45) is 6.56. The Labute approximate surface area is 542 Å². The summed E-state index contributed by atoms with van der Waals surface area (Å²) < 4.78 is 0. The molecule has 0 bridgehead atoms. The quantitative estimate of drug-likeness (QED) is 0.0360. The highest BCUT2D eigenvalue weighted by Gasteiger charge is 2.11. The van der Waals surface area contributed by atoms with Crippen molar-refractivity contribution in [1.82, 2.24) is 30.6 Å². The SMILES string of the molecule is CC(C)/C=C(\O)C(C)C.CC(C)C(N)=O.CC(C)C(N)=O.CC(C)CC(O)C(C)C.CC(C)N=C(N)C(C)C.CC(C)N=C(N)C(C)C.CC(C)NC(=O)C(C)C.CC(C)NC(=O)C(C)C.CC(C)c1cnc(C(C)C)[nH]1.CC(C)c1cnc(C(C)C)[nH]1. The zero-order chi connectivity index (χ0) is 71.8. The first-order valence-corrected chi connectivity index (χ1v) is 32.8. The molecule has 0 aromatic carbocycles. The van der Waals surface area contributed by atoms with Crippen molar-refractivity contribution in [3.05, 3.63) is 47.3 Å². The number of imidazole rings is 2. The van der Waals surface area contributed by atoms with Crippen LogP contribution in [0.3, 0.4) is 0 Å². The summed E-state index contributed by atoms with van der Waals surface area (Å²) in [7, 11) is 0. The Bertz CT molecular complexity index is 1880. The molecule has 4 amide bonds. The monoisotopic (exact) mass is 1250 g/mol. The van der Waals surface area contributed by atoms with Gasteiger partial charge < -0.3 is 53.7 Å². The van der Waals surface area contributed by atoms with Gasteiger partial charge in [-0.15, -0.1) is 0 Å². The van der Waals surface area contributed by atoms with Gasteiger partial charge >= 0.3 is 0 Å². The van der Waals surface area contributed by atoms with Gasteiger partial charge in [0, 0.05) is 101 Å². The maximum Gasteiger partial charge on any atom is 0.222 e. The van der Waals surface area contributed by atoms with E-state index in [0.29, 0.717) is 71.1 Å². The number of carbonyl (C=O) groups excluding carboxylic acids is 4. The number of aliphatic hydroxyl groups excluding tert-OH is 2. The molecule has 0 spiro atoms. The summed E-state index contributed by atoms with van der Waals surface area (Å²) in [4.78, 5) is 65.0. The van der Waals surface area contributed by atoms with Crippen LogP contribution in [0.2, 0.25) is 0 Å². The number of hydrogen-bond acceptors (Lipinski definition) is 10. The molecule has 0 aliphatic heterocycles. The van der Waals surface area contributed by atoms with Crippen molar-refractivity contribution < 1.29 is 29.4 Å². The van der Waals surface area contributed by atoms with E-state index in [1.54, 1.807) is 27.7 Å². The van der Waals surface area contributed by atoms with Crippen LogP contribution in [0.15, 0.2) is 34.2 Å². The van der Waals surface area contributed by atoms with Gasteiger partial charge in [0.15, 0.2) is 0 Å². The predicted molar refractivity (Wildman–Crippen MR) is 382 cm³/mol. The molecule has 14 N–H and O–H groups in total. The lowest BCUT2D eigenvalue weighted by molar-refractivity contribution is -0.125. The third-order valence-corrected chi connectivity index (χ3v) is 11.2. The summed E-state index contributed by atoms with van der Waals surface area (Å²) >= 11 is 0. The van der Waals surface area contributed by atoms with Crippen LogP contribution in [0.25, 0.3) is 0 Å². The third kappa shape index (κ3) is 71.5. The maximum absolute atomic E-state index is 10.8. The minimum absolute atomic E-state index is 0.00926. The molecule has 522 valence electrons. The number of amidine groups is 2. The molecule has 0 radical (unpaired) electrons. The van der Waals surface area contributed by atoms with E-state index in [1.807, 2.05) is 157 Å². The van der Waals surface area contributed by atoms with Crippen LogP contribution in [-0.2, 0) is 19.2 Å². The van der Waals surface area contributed by atoms with E-state index in [2.05, 4.69) is 124 Å². The number of aliphatic imine (C=N–C) groups is 2. The molecule has 18 heteroatoms. The number of rotatable bonds is 19. The lowest BCUT2D eigenvalue weighted by Crippen LogP contribution is -2.33. The predicted octanol–water partition coefficient (Wildman–Crippen LogP) is 15.5. The molecule has 0 saturated carbocycles. The number of amides is 4. The van der Waals surface area contributed by atoms with Crippen LogP contribution in [0, 0.1) is 59.2 Å². The number of nitrogens with one attached hydrogen (secondary N) is 4. The fraction of sp³-hybridized carbons (Fsp3) is 0.800. The van der Waals surface area contributed by atoms with Crippen LogP contribution < -0.4 is 33.6 Å². The van der Waals surface area contributed by atoms with Crippen molar-refractivity contribution in [2.45, 2.75) is 310 Å². The van der Waals surface area contributed by atoms with E-state index in [-0.39, 0.29) is 71.4 Å². The average Bonchev–Trinajstić information content (AvgIpc) is 4.07. The smallest absolute Gasteiger partial charge is 0.222 e. The largest absolute Gasteiger partial charge is 0.512 e. The Hall–Kier alpha value is -5.26. The molecule has 1 atom stereocenters. The number of nitrogens with zero attached hydrogens (tertiary/aromatic N) is 4. The van der Waals surface area contributed by atoms with Gasteiger partial charge in [-0.3, -0.25) is 29.2 Å². The molecule has 0 fully saturated rings. The van der Waals surface area contributed by atoms with Crippen molar-refractivity contribution in [3.63, 3.8) is 0 Å². The van der Waals surface area contributed by atoms with Gasteiger partial charge in [0.25, 0.3) is 0 Å². The van der Waals surface area contributed by atoms with Crippen LogP contribution >= 0.6 is 0 Å². The molecule has 0 saturated heterocycles. The summed E-state index contributed by atoms with van der Waals surface area (Å²) in [6.45, 7) is 72.4. The van der Waals surface area contributed by atoms with E-state index in [1.165, 1.54) is 11.4 Å². The van der Waals surface area contributed by atoms with Gasteiger partial charge in [0.2, 0.25) is 23.6 Å². The van der Waals surface area contributed by atoms with Gasteiger partial charge in [-0.05, 0) is 97.5 Å². The van der Waals surface area contributed by atoms with Crippen LogP contribution in [0.1, 0.15) is 302 Å². The highest BCUT2D eigenvalue weighted by atomic mass is 16.3. The number of allylic oxidation sites excluding steroid dienone is 2. The topological polar surface area (TPSA) is 319 Å². The first-order valence-electron chi connectivity index (χ1n) is 32.8. The summed E-state index contributed by atoms with van der Waals surface area (Å²) in [5, 5.41) is 24.1. The molecule has 2 aromatic heterocycles. The number of nitrogens with two attached hydrogens (primary N) is 4. The molecular formula is C70H146N12O6. The Morgan fingerprint density at radius 3 is 0.807 bits per heavy atom. The average molecular weight is 1250 g/mol. The van der Waals surface area contributed by atoms with Crippen molar-refractivity contribution in [2.24, 2.45) is 92.1 Å². The van der Waals surface area contributed by atoms with Gasteiger partial charge in [-0.2, -0.15) is 0 Å². The fourth-order valence-corrected chi connectivity index (χ4v) is 4.96. The first-order chi connectivity index (χ1) is 39.7. The highest BCUT2D eigenvalue weighted by molar-refractivity contribution is 5.82. The summed E-state index contributed by atoms with van der Waals surface area (Å²) in [5.74, 6) is 8.78. The molecular weight excluding hydrogens is 1100 g/mol. The molecule has 0 aliphatic rings. The third-order valence-electron chi connectivity index (χ3n) is 11.2. The van der Waals surface area contributed by atoms with Crippen LogP contribution in [0.5, 0.6) is 0 Å². The second-order valence-electron chi connectivity index (χ2n) is 27.9. The first kappa shape index (κ1) is 99.0. The van der Waals surface area contributed by atoms with E-state index in [0.717, 1.165) is 29.7 Å². The van der Waals surface area contributed by atoms with Crippen molar-refractivity contribution in [3.8, 4) is 0 Å². The van der Waals surface area contributed by atoms with Gasteiger partial charge in [0.05, 0.1) is 23.5 Å². The normalized spacial score (nSPS) is 11.9. The van der Waals surface area contributed by atoms with E-state index in [9.17, 15) is 24.3 Å². The fourth-order valence-electron chi connectivity index (χ4n) is 4.96. The van der Waals surface area contributed by atoms with Crippen molar-refractivity contribution in [2.75, 3.05) is 0 Å². The highest BCUT2D eigenvalue weighted by Crippen LogP contribution is 2.17. The zero-order valence-corrected chi connectivity index (χ0v) is 63.5. The molecule has 2 heterocycles. The van der Waals surface area contributed by atoms with Crippen molar-refractivity contribution in [1.29, 1.82) is 0 Å².